The van der Waals surface area contributed by atoms with Crippen LogP contribution in [-0.4, -0.2) is 52.1 Å². The summed E-state index contributed by atoms with van der Waals surface area (Å²) < 4.78 is 8.00. The number of benzene rings is 1. The highest BCUT2D eigenvalue weighted by molar-refractivity contribution is 7.99. The van der Waals surface area contributed by atoms with Crippen LogP contribution >= 0.6 is 35.0 Å². The first-order chi connectivity index (χ1) is 14.5. The van der Waals surface area contributed by atoms with Gasteiger partial charge in [0.25, 0.3) is 0 Å². The summed E-state index contributed by atoms with van der Waals surface area (Å²) in [5.41, 5.74) is 0.548. The van der Waals surface area contributed by atoms with Crippen LogP contribution in [0.3, 0.4) is 0 Å². The molecule has 162 valence electrons. The molecule has 0 saturated carbocycles. The zero-order valence-corrected chi connectivity index (χ0v) is 19.3. The number of carbonyl (C=O) groups excluding carboxylic acids is 1. The molecule has 30 heavy (non-hydrogen) atoms. The number of rotatable bonds is 7. The number of Topliss-reactive ketones (excluding diaryl/α,β-unsaturated/α-hetero) is 1. The fraction of sp³-hybridized carbons (Fsp3) is 0.571. The van der Waals surface area contributed by atoms with Gasteiger partial charge in [-0.3, -0.25) is 9.36 Å². The van der Waals surface area contributed by atoms with Crippen molar-refractivity contribution in [1.29, 1.82) is 0 Å². The number of nitrogens with zero attached hydrogens (tertiary/aromatic N) is 4. The van der Waals surface area contributed by atoms with Gasteiger partial charge in [0.15, 0.2) is 10.9 Å². The maximum atomic E-state index is 12.7. The summed E-state index contributed by atoms with van der Waals surface area (Å²) in [6.45, 7) is 5.79. The molecule has 2 aromatic rings. The molecule has 1 aromatic carbocycles. The SMILES string of the molecule is CC1CCN(c2nnc(SCC(=O)c3ccc(Cl)c(Cl)c3)n2CC2CCCO2)CC1. The van der Waals surface area contributed by atoms with Crippen LogP contribution in [0.5, 0.6) is 0 Å². The zero-order valence-electron chi connectivity index (χ0n) is 17.0. The lowest BCUT2D eigenvalue weighted by Crippen LogP contribution is -2.35. The normalized spacial score (nSPS) is 20.1. The lowest BCUT2D eigenvalue weighted by atomic mass is 10.00. The summed E-state index contributed by atoms with van der Waals surface area (Å²) in [7, 11) is 0. The van der Waals surface area contributed by atoms with Gasteiger partial charge in [-0.1, -0.05) is 41.9 Å². The van der Waals surface area contributed by atoms with Crippen molar-refractivity contribution in [2.45, 2.75) is 50.4 Å². The molecule has 6 nitrogen and oxygen atoms in total. The van der Waals surface area contributed by atoms with E-state index in [0.717, 1.165) is 68.9 Å². The largest absolute Gasteiger partial charge is 0.376 e. The van der Waals surface area contributed by atoms with Crippen molar-refractivity contribution < 1.29 is 9.53 Å². The quantitative estimate of drug-likeness (QED) is 0.421. The molecule has 0 bridgehead atoms. The van der Waals surface area contributed by atoms with Crippen molar-refractivity contribution in [3.63, 3.8) is 0 Å². The minimum absolute atomic E-state index is 0.0152. The average Bonchev–Trinajstić information content (AvgIpc) is 3.39. The van der Waals surface area contributed by atoms with Crippen LogP contribution in [0.25, 0.3) is 0 Å². The predicted octanol–water partition coefficient (Wildman–Crippen LogP) is 4.98. The van der Waals surface area contributed by atoms with E-state index in [1.165, 1.54) is 11.8 Å². The predicted molar refractivity (Wildman–Crippen MR) is 121 cm³/mol. The molecule has 0 amide bonds. The smallest absolute Gasteiger partial charge is 0.228 e. The molecular formula is C21H26Cl2N4O2S. The fourth-order valence-electron chi connectivity index (χ4n) is 3.87. The van der Waals surface area contributed by atoms with Crippen LogP contribution in [0, 0.1) is 5.92 Å². The standard InChI is InChI=1S/C21H26Cl2N4O2S/c1-14-6-8-26(9-7-14)20-24-25-21(27(20)12-16-3-2-10-29-16)30-13-19(28)15-4-5-17(22)18(23)11-15/h4-5,11,14,16H,2-3,6-10,12-13H2,1H3. The number of thioether (sulfide) groups is 1. The second-order valence-electron chi connectivity index (χ2n) is 8.04. The molecule has 4 rings (SSSR count). The fourth-order valence-corrected chi connectivity index (χ4v) is 5.00. The number of halogens is 2. The van der Waals surface area contributed by atoms with Crippen LogP contribution in [0.2, 0.25) is 10.0 Å². The molecule has 2 aliphatic heterocycles. The lowest BCUT2D eigenvalue weighted by molar-refractivity contribution is 0.0951. The van der Waals surface area contributed by atoms with E-state index in [4.69, 9.17) is 27.9 Å². The topological polar surface area (TPSA) is 60.2 Å². The van der Waals surface area contributed by atoms with Crippen LogP contribution in [-0.2, 0) is 11.3 Å². The first kappa shape index (κ1) is 21.9. The van der Waals surface area contributed by atoms with Gasteiger partial charge in [0.2, 0.25) is 5.95 Å². The second-order valence-corrected chi connectivity index (χ2v) is 9.80. The highest BCUT2D eigenvalue weighted by Crippen LogP contribution is 2.29. The van der Waals surface area contributed by atoms with Crippen LogP contribution < -0.4 is 4.90 Å². The third kappa shape index (κ3) is 5.13. The van der Waals surface area contributed by atoms with Gasteiger partial charge in [-0.05, 0) is 49.8 Å². The molecule has 1 aromatic heterocycles. The molecule has 2 aliphatic rings. The Hall–Kier alpha value is -1.28. The number of anilines is 1. The molecule has 0 radical (unpaired) electrons. The molecule has 1 atom stereocenters. The first-order valence-corrected chi connectivity index (χ1v) is 12.2. The van der Waals surface area contributed by atoms with Crippen molar-refractivity contribution in [2.75, 3.05) is 30.3 Å². The Morgan fingerprint density at radius 2 is 2.00 bits per heavy atom. The summed E-state index contributed by atoms with van der Waals surface area (Å²) in [6, 6.07) is 4.97. The van der Waals surface area contributed by atoms with E-state index in [2.05, 4.69) is 26.6 Å². The van der Waals surface area contributed by atoms with Gasteiger partial charge in [-0.2, -0.15) is 0 Å². The molecule has 0 aliphatic carbocycles. The zero-order chi connectivity index (χ0) is 21.1. The summed E-state index contributed by atoms with van der Waals surface area (Å²) in [5, 5.41) is 10.5. The minimum Gasteiger partial charge on any atom is -0.376 e. The van der Waals surface area contributed by atoms with Gasteiger partial charge >= 0.3 is 0 Å². The number of aromatic nitrogens is 3. The highest BCUT2D eigenvalue weighted by Gasteiger charge is 2.26. The molecule has 0 N–H and O–H groups in total. The molecule has 3 heterocycles. The van der Waals surface area contributed by atoms with E-state index in [1.54, 1.807) is 18.2 Å². The Morgan fingerprint density at radius 3 is 2.70 bits per heavy atom. The van der Waals surface area contributed by atoms with Crippen LogP contribution in [0.1, 0.15) is 43.0 Å². The first-order valence-electron chi connectivity index (χ1n) is 10.4. The molecule has 9 heteroatoms. The van der Waals surface area contributed by atoms with Crippen LogP contribution in [0.4, 0.5) is 5.95 Å². The minimum atomic E-state index is -0.0152. The summed E-state index contributed by atoms with van der Waals surface area (Å²) in [5.74, 6) is 1.88. The molecular weight excluding hydrogens is 443 g/mol. The number of ether oxygens (including phenoxy) is 1. The second kappa shape index (κ2) is 9.90. The Labute approximate surface area is 191 Å². The maximum absolute atomic E-state index is 12.7. The number of hydrogen-bond donors (Lipinski definition) is 0. The van der Waals surface area contributed by atoms with Crippen molar-refractivity contribution in [3.8, 4) is 0 Å². The molecule has 0 spiro atoms. The van der Waals surface area contributed by atoms with Crippen molar-refractivity contribution >= 4 is 46.7 Å². The van der Waals surface area contributed by atoms with Gasteiger partial charge in [0, 0.05) is 25.3 Å². The number of carbonyl (C=O) groups is 1. The summed E-state index contributed by atoms with van der Waals surface area (Å²) in [4.78, 5) is 15.0. The van der Waals surface area contributed by atoms with Gasteiger partial charge in [0.05, 0.1) is 28.4 Å². The van der Waals surface area contributed by atoms with E-state index >= 15 is 0 Å². The average molecular weight is 469 g/mol. The third-order valence-electron chi connectivity index (χ3n) is 5.75. The Bertz CT molecular complexity index is 893. The molecule has 1 unspecified atom stereocenters. The highest BCUT2D eigenvalue weighted by atomic mass is 35.5. The summed E-state index contributed by atoms with van der Waals surface area (Å²) in [6.07, 6.45) is 4.62. The molecule has 2 saturated heterocycles. The number of hydrogen-bond acceptors (Lipinski definition) is 6. The van der Waals surface area contributed by atoms with Crippen LogP contribution in [0.15, 0.2) is 23.4 Å². The van der Waals surface area contributed by atoms with Crippen molar-refractivity contribution in [3.05, 3.63) is 33.8 Å². The Morgan fingerprint density at radius 1 is 1.20 bits per heavy atom. The third-order valence-corrected chi connectivity index (χ3v) is 7.45. The van der Waals surface area contributed by atoms with E-state index in [1.807, 2.05) is 0 Å². The Kier molecular flexibility index (Phi) is 7.24. The number of piperidine rings is 1. The van der Waals surface area contributed by atoms with E-state index in [-0.39, 0.29) is 17.6 Å². The lowest BCUT2D eigenvalue weighted by Gasteiger charge is -2.31. The van der Waals surface area contributed by atoms with Gasteiger partial charge in [-0.25, -0.2) is 0 Å². The van der Waals surface area contributed by atoms with Gasteiger partial charge in [0.1, 0.15) is 0 Å². The monoisotopic (exact) mass is 468 g/mol. The van der Waals surface area contributed by atoms with Gasteiger partial charge in [-0.15, -0.1) is 10.2 Å². The maximum Gasteiger partial charge on any atom is 0.228 e. The number of ketones is 1. The van der Waals surface area contributed by atoms with Gasteiger partial charge < -0.3 is 9.64 Å². The summed E-state index contributed by atoms with van der Waals surface area (Å²) >= 11 is 13.4. The molecule has 2 fully saturated rings. The Balaban J connectivity index is 1.49. The van der Waals surface area contributed by atoms with Crippen molar-refractivity contribution in [1.82, 2.24) is 14.8 Å². The van der Waals surface area contributed by atoms with E-state index in [9.17, 15) is 4.79 Å². The van der Waals surface area contributed by atoms with E-state index in [0.29, 0.717) is 15.6 Å². The van der Waals surface area contributed by atoms with Crippen molar-refractivity contribution in [2.24, 2.45) is 5.92 Å². The van der Waals surface area contributed by atoms with E-state index < -0.39 is 0 Å².